The molecule has 0 saturated heterocycles. The minimum Gasteiger partial charge on any atom is -0.480 e. The van der Waals surface area contributed by atoms with E-state index in [2.05, 4.69) is 17.3 Å². The molecule has 0 spiro atoms. The molecule has 0 radical (unpaired) electrons. The van der Waals surface area contributed by atoms with Gasteiger partial charge in [0.1, 0.15) is 5.54 Å². The predicted octanol–water partition coefficient (Wildman–Crippen LogP) is 1.95. The standard InChI is InChI=1S/C14H28N2O2/c1-4-15-14(2,13(17)18)9-10-16(3)11-12-7-5-6-8-12/h12,15H,4-11H2,1-3H3,(H,17,18). The van der Waals surface area contributed by atoms with Gasteiger partial charge in [0, 0.05) is 13.1 Å². The van der Waals surface area contributed by atoms with Gasteiger partial charge in [0.05, 0.1) is 0 Å². The smallest absolute Gasteiger partial charge is 0.323 e. The van der Waals surface area contributed by atoms with E-state index in [1.165, 1.54) is 25.7 Å². The van der Waals surface area contributed by atoms with Gasteiger partial charge in [-0.25, -0.2) is 0 Å². The highest BCUT2D eigenvalue weighted by atomic mass is 16.4. The summed E-state index contributed by atoms with van der Waals surface area (Å²) in [5.74, 6) is 0.0730. The third kappa shape index (κ3) is 4.58. The molecule has 0 amide bonds. The van der Waals surface area contributed by atoms with E-state index in [1.807, 2.05) is 6.92 Å². The van der Waals surface area contributed by atoms with Gasteiger partial charge in [-0.3, -0.25) is 4.79 Å². The second-order valence-corrected chi connectivity index (χ2v) is 5.83. The van der Waals surface area contributed by atoms with Crippen LogP contribution in [0.15, 0.2) is 0 Å². The minimum atomic E-state index is -0.793. The van der Waals surface area contributed by atoms with Crippen LogP contribution in [-0.4, -0.2) is 48.2 Å². The summed E-state index contributed by atoms with van der Waals surface area (Å²) in [6.07, 6.45) is 6.06. The highest BCUT2D eigenvalue weighted by Crippen LogP contribution is 2.25. The number of hydrogen-bond donors (Lipinski definition) is 2. The molecule has 4 heteroatoms. The van der Waals surface area contributed by atoms with Gasteiger partial charge in [-0.05, 0) is 45.7 Å². The first kappa shape index (κ1) is 15.4. The number of likely N-dealkylation sites (N-methyl/N-ethyl adjacent to an activating group) is 1. The van der Waals surface area contributed by atoms with Gasteiger partial charge >= 0.3 is 5.97 Å². The van der Waals surface area contributed by atoms with E-state index < -0.39 is 11.5 Å². The number of rotatable bonds is 8. The summed E-state index contributed by atoms with van der Waals surface area (Å²) < 4.78 is 0. The first-order valence-electron chi connectivity index (χ1n) is 7.15. The molecule has 0 heterocycles. The fraction of sp³-hybridized carbons (Fsp3) is 0.929. The van der Waals surface area contributed by atoms with Crippen LogP contribution in [0, 0.1) is 5.92 Å². The lowest BCUT2D eigenvalue weighted by Gasteiger charge is -2.29. The average molecular weight is 256 g/mol. The van der Waals surface area contributed by atoms with E-state index in [-0.39, 0.29) is 0 Å². The van der Waals surface area contributed by atoms with Gasteiger partial charge in [0.2, 0.25) is 0 Å². The predicted molar refractivity (Wildman–Crippen MR) is 73.8 cm³/mol. The largest absolute Gasteiger partial charge is 0.480 e. The van der Waals surface area contributed by atoms with Crippen LogP contribution in [0.5, 0.6) is 0 Å². The van der Waals surface area contributed by atoms with Crippen LogP contribution in [0.4, 0.5) is 0 Å². The maximum absolute atomic E-state index is 11.3. The van der Waals surface area contributed by atoms with Gasteiger partial charge in [0.15, 0.2) is 0 Å². The van der Waals surface area contributed by atoms with E-state index in [1.54, 1.807) is 6.92 Å². The van der Waals surface area contributed by atoms with Crippen LogP contribution >= 0.6 is 0 Å². The molecular weight excluding hydrogens is 228 g/mol. The summed E-state index contributed by atoms with van der Waals surface area (Å²) in [7, 11) is 2.10. The molecule has 0 aromatic heterocycles. The fourth-order valence-electron chi connectivity index (χ4n) is 2.80. The van der Waals surface area contributed by atoms with Crippen molar-refractivity contribution < 1.29 is 9.90 Å². The van der Waals surface area contributed by atoms with Gasteiger partial charge < -0.3 is 15.3 Å². The summed E-state index contributed by atoms with van der Waals surface area (Å²) in [5.41, 5.74) is -0.793. The van der Waals surface area contributed by atoms with Crippen LogP contribution < -0.4 is 5.32 Å². The van der Waals surface area contributed by atoms with Crippen molar-refractivity contribution in [2.24, 2.45) is 5.92 Å². The Labute approximate surface area is 111 Å². The lowest BCUT2D eigenvalue weighted by molar-refractivity contribution is -0.144. The van der Waals surface area contributed by atoms with Crippen molar-refractivity contribution in [3.8, 4) is 0 Å². The molecule has 1 aliphatic rings. The summed E-state index contributed by atoms with van der Waals surface area (Å²) in [4.78, 5) is 13.6. The highest BCUT2D eigenvalue weighted by molar-refractivity contribution is 5.78. The first-order chi connectivity index (χ1) is 8.48. The average Bonchev–Trinajstić information content (AvgIpc) is 2.79. The number of carbonyl (C=O) groups is 1. The molecule has 1 unspecified atom stereocenters. The molecule has 1 aliphatic carbocycles. The highest BCUT2D eigenvalue weighted by Gasteiger charge is 2.32. The number of carboxylic acids is 1. The number of nitrogens with one attached hydrogen (secondary N) is 1. The molecule has 0 bridgehead atoms. The molecule has 0 aliphatic heterocycles. The van der Waals surface area contributed by atoms with Crippen LogP contribution in [0.2, 0.25) is 0 Å². The van der Waals surface area contributed by atoms with Crippen molar-refractivity contribution >= 4 is 5.97 Å². The zero-order valence-corrected chi connectivity index (χ0v) is 12.0. The van der Waals surface area contributed by atoms with Crippen LogP contribution in [0.3, 0.4) is 0 Å². The van der Waals surface area contributed by atoms with Crippen LogP contribution in [-0.2, 0) is 4.79 Å². The fourth-order valence-corrected chi connectivity index (χ4v) is 2.80. The van der Waals surface area contributed by atoms with E-state index >= 15 is 0 Å². The summed E-state index contributed by atoms with van der Waals surface area (Å²) in [6.45, 7) is 6.37. The Morgan fingerprint density at radius 2 is 2.06 bits per heavy atom. The Morgan fingerprint density at radius 1 is 1.44 bits per heavy atom. The number of nitrogens with zero attached hydrogens (tertiary/aromatic N) is 1. The number of aliphatic carboxylic acids is 1. The maximum Gasteiger partial charge on any atom is 0.323 e. The SMILES string of the molecule is CCNC(C)(CCN(C)CC1CCCC1)C(=O)O. The van der Waals surface area contributed by atoms with E-state index in [4.69, 9.17) is 0 Å². The Hall–Kier alpha value is -0.610. The van der Waals surface area contributed by atoms with Crippen molar-refractivity contribution in [1.82, 2.24) is 10.2 Å². The summed E-state index contributed by atoms with van der Waals surface area (Å²) >= 11 is 0. The third-order valence-corrected chi connectivity index (χ3v) is 4.08. The molecule has 4 nitrogen and oxygen atoms in total. The Balaban J connectivity index is 2.34. The lowest BCUT2D eigenvalue weighted by Crippen LogP contribution is -2.51. The van der Waals surface area contributed by atoms with Crippen LogP contribution in [0.1, 0.15) is 46.0 Å². The van der Waals surface area contributed by atoms with Gasteiger partial charge in [-0.2, -0.15) is 0 Å². The molecular formula is C14H28N2O2. The number of carboxylic acid groups (broad SMARTS) is 1. The number of hydrogen-bond acceptors (Lipinski definition) is 3. The van der Waals surface area contributed by atoms with Crippen molar-refractivity contribution in [2.75, 3.05) is 26.7 Å². The molecule has 2 N–H and O–H groups in total. The molecule has 1 atom stereocenters. The minimum absolute atomic E-state index is 0.652. The summed E-state index contributed by atoms with van der Waals surface area (Å²) in [5, 5.41) is 12.4. The van der Waals surface area contributed by atoms with Crippen LogP contribution in [0.25, 0.3) is 0 Å². The Morgan fingerprint density at radius 3 is 2.56 bits per heavy atom. The third-order valence-electron chi connectivity index (χ3n) is 4.08. The summed E-state index contributed by atoms with van der Waals surface area (Å²) in [6, 6.07) is 0. The molecule has 106 valence electrons. The second-order valence-electron chi connectivity index (χ2n) is 5.83. The lowest BCUT2D eigenvalue weighted by atomic mass is 9.97. The monoisotopic (exact) mass is 256 g/mol. The zero-order valence-electron chi connectivity index (χ0n) is 12.0. The Bertz CT molecular complexity index is 265. The van der Waals surface area contributed by atoms with E-state index in [0.717, 1.165) is 19.0 Å². The molecule has 0 aromatic rings. The molecule has 1 saturated carbocycles. The second kappa shape index (κ2) is 7.10. The first-order valence-corrected chi connectivity index (χ1v) is 7.15. The van der Waals surface area contributed by atoms with Crippen molar-refractivity contribution in [3.05, 3.63) is 0 Å². The van der Waals surface area contributed by atoms with Crippen molar-refractivity contribution in [2.45, 2.75) is 51.5 Å². The molecule has 1 rings (SSSR count). The normalized spacial score (nSPS) is 20.2. The molecule has 0 aromatic carbocycles. The van der Waals surface area contributed by atoms with E-state index in [9.17, 15) is 9.90 Å². The van der Waals surface area contributed by atoms with Gasteiger partial charge in [-0.15, -0.1) is 0 Å². The topological polar surface area (TPSA) is 52.6 Å². The quantitative estimate of drug-likeness (QED) is 0.697. The molecule has 1 fully saturated rings. The van der Waals surface area contributed by atoms with Gasteiger partial charge in [0.25, 0.3) is 0 Å². The zero-order chi connectivity index (χ0) is 13.6. The van der Waals surface area contributed by atoms with Crippen molar-refractivity contribution in [1.29, 1.82) is 0 Å². The molecule has 18 heavy (non-hydrogen) atoms. The van der Waals surface area contributed by atoms with Crippen molar-refractivity contribution in [3.63, 3.8) is 0 Å². The maximum atomic E-state index is 11.3. The van der Waals surface area contributed by atoms with E-state index in [0.29, 0.717) is 13.0 Å². The van der Waals surface area contributed by atoms with Gasteiger partial charge in [-0.1, -0.05) is 19.8 Å². The Kier molecular flexibility index (Phi) is 6.09.